The van der Waals surface area contributed by atoms with Crippen molar-refractivity contribution in [3.8, 4) is 0 Å². The predicted octanol–water partition coefficient (Wildman–Crippen LogP) is 4.21. The lowest BCUT2D eigenvalue weighted by Gasteiger charge is -2.19. The average molecular weight is 473 g/mol. The topological polar surface area (TPSA) is 92.8 Å². The first-order valence-corrected chi connectivity index (χ1v) is 11.4. The van der Waals surface area contributed by atoms with E-state index in [1.165, 1.54) is 23.4 Å². The number of nitrogens with zero attached hydrogens (tertiary/aromatic N) is 1. The van der Waals surface area contributed by atoms with Gasteiger partial charge in [-0.3, -0.25) is 4.79 Å². The summed E-state index contributed by atoms with van der Waals surface area (Å²) in [6, 6.07) is 10.2. The van der Waals surface area contributed by atoms with Crippen molar-refractivity contribution in [3.05, 3.63) is 58.1 Å². The first-order valence-electron chi connectivity index (χ1n) is 9.17. The fraction of sp³-hybridized carbons (Fsp3) is 0.300. The lowest BCUT2D eigenvalue weighted by Crippen LogP contribution is -2.31. The van der Waals surface area contributed by atoms with Gasteiger partial charge >= 0.3 is 5.97 Å². The summed E-state index contributed by atoms with van der Waals surface area (Å²) in [4.78, 5) is 24.8. The third-order valence-electron chi connectivity index (χ3n) is 4.27. The fourth-order valence-corrected chi connectivity index (χ4v) is 4.39. The maximum Gasteiger partial charge on any atom is 0.340 e. The molecule has 30 heavy (non-hydrogen) atoms. The lowest BCUT2D eigenvalue weighted by molar-refractivity contribution is -0.123. The van der Waals surface area contributed by atoms with Gasteiger partial charge in [-0.2, -0.15) is 4.31 Å². The molecule has 0 saturated heterocycles. The van der Waals surface area contributed by atoms with Crippen LogP contribution in [-0.2, 0) is 19.6 Å². The number of rotatable bonds is 8. The summed E-state index contributed by atoms with van der Waals surface area (Å²) in [5.74, 6) is -1.47. The Hall–Kier alpha value is -2.13. The van der Waals surface area contributed by atoms with Crippen LogP contribution in [0.3, 0.4) is 0 Å². The van der Waals surface area contributed by atoms with E-state index in [1.54, 1.807) is 38.1 Å². The van der Waals surface area contributed by atoms with E-state index in [0.29, 0.717) is 10.7 Å². The molecular weight excluding hydrogens is 451 g/mol. The molecule has 0 fully saturated rings. The fourth-order valence-electron chi connectivity index (χ4n) is 2.59. The van der Waals surface area contributed by atoms with E-state index in [9.17, 15) is 18.0 Å². The molecule has 10 heteroatoms. The van der Waals surface area contributed by atoms with Crippen molar-refractivity contribution in [2.45, 2.75) is 31.8 Å². The number of anilines is 1. The number of halogens is 2. The quantitative estimate of drug-likeness (QED) is 0.580. The van der Waals surface area contributed by atoms with Gasteiger partial charge in [-0.1, -0.05) is 37.0 Å². The molecule has 162 valence electrons. The molecule has 0 saturated carbocycles. The zero-order valence-electron chi connectivity index (χ0n) is 16.7. The number of carbonyl (C=O) groups is 2. The van der Waals surface area contributed by atoms with Crippen molar-refractivity contribution in [1.82, 2.24) is 4.31 Å². The number of nitrogens with one attached hydrogen (secondary N) is 1. The van der Waals surface area contributed by atoms with Crippen molar-refractivity contribution in [3.63, 3.8) is 0 Å². The van der Waals surface area contributed by atoms with Crippen LogP contribution in [0.4, 0.5) is 5.69 Å². The van der Waals surface area contributed by atoms with Gasteiger partial charge in [-0.05, 0) is 49.4 Å². The van der Waals surface area contributed by atoms with Gasteiger partial charge in [-0.15, -0.1) is 0 Å². The summed E-state index contributed by atoms with van der Waals surface area (Å²) in [7, 11) is -3.79. The normalized spacial score (nSPS) is 12.5. The number of amides is 1. The van der Waals surface area contributed by atoms with E-state index < -0.39 is 28.0 Å². The Bertz CT molecular complexity index is 1020. The van der Waals surface area contributed by atoms with E-state index in [4.69, 9.17) is 27.9 Å². The summed E-state index contributed by atoms with van der Waals surface area (Å²) < 4.78 is 31.8. The van der Waals surface area contributed by atoms with Gasteiger partial charge in [0.1, 0.15) is 0 Å². The zero-order valence-corrected chi connectivity index (χ0v) is 19.0. The minimum Gasteiger partial charge on any atom is -0.449 e. The highest BCUT2D eigenvalue weighted by Crippen LogP contribution is 2.24. The van der Waals surface area contributed by atoms with Gasteiger partial charge in [0.05, 0.1) is 15.5 Å². The third kappa shape index (κ3) is 5.72. The predicted molar refractivity (Wildman–Crippen MR) is 117 cm³/mol. The molecule has 0 aliphatic heterocycles. The number of ether oxygens (including phenoxy) is 1. The van der Waals surface area contributed by atoms with E-state index in [-0.39, 0.29) is 28.6 Å². The number of benzene rings is 2. The maximum absolute atomic E-state index is 12.7. The van der Waals surface area contributed by atoms with Crippen molar-refractivity contribution in [1.29, 1.82) is 0 Å². The van der Waals surface area contributed by atoms with E-state index in [0.717, 1.165) is 6.07 Å². The van der Waals surface area contributed by atoms with Crippen LogP contribution in [0.15, 0.2) is 47.4 Å². The summed E-state index contributed by atoms with van der Waals surface area (Å²) in [6.07, 6.45) is -1.15. The number of hydrogen-bond donors (Lipinski definition) is 1. The standard InChI is InChI=1S/C20H22Cl2N2O5S/c1-4-24(5-2)30(27,28)16-10-11-18(22)17(12-16)20(26)29-13(3)19(25)23-15-8-6-14(21)7-9-15/h6-13H,4-5H2,1-3H3,(H,23,25). The average Bonchev–Trinajstić information content (AvgIpc) is 2.70. The van der Waals surface area contributed by atoms with Crippen LogP contribution in [0.1, 0.15) is 31.1 Å². The van der Waals surface area contributed by atoms with Gasteiger partial charge in [-0.25, -0.2) is 13.2 Å². The van der Waals surface area contributed by atoms with Gasteiger partial charge in [0, 0.05) is 23.8 Å². The second-order valence-electron chi connectivity index (χ2n) is 6.27. The first-order chi connectivity index (χ1) is 14.1. The molecule has 2 aromatic carbocycles. The molecule has 0 heterocycles. The molecule has 0 radical (unpaired) electrons. The molecular formula is C20H22Cl2N2O5S. The van der Waals surface area contributed by atoms with E-state index >= 15 is 0 Å². The van der Waals surface area contributed by atoms with Gasteiger partial charge < -0.3 is 10.1 Å². The Kier molecular flexibility index (Phi) is 8.25. The number of esters is 1. The van der Waals surface area contributed by atoms with Crippen LogP contribution in [0.5, 0.6) is 0 Å². The minimum atomic E-state index is -3.79. The van der Waals surface area contributed by atoms with Crippen LogP contribution < -0.4 is 5.32 Å². The third-order valence-corrected chi connectivity index (χ3v) is 6.89. The highest BCUT2D eigenvalue weighted by molar-refractivity contribution is 7.89. The van der Waals surface area contributed by atoms with Crippen LogP contribution >= 0.6 is 23.2 Å². The molecule has 0 bridgehead atoms. The monoisotopic (exact) mass is 472 g/mol. The van der Waals surface area contributed by atoms with Crippen LogP contribution in [0.25, 0.3) is 0 Å². The molecule has 0 aromatic heterocycles. The summed E-state index contributed by atoms with van der Waals surface area (Å²) in [5.41, 5.74) is 0.341. The molecule has 2 rings (SSSR count). The number of carbonyl (C=O) groups excluding carboxylic acids is 2. The highest BCUT2D eigenvalue weighted by Gasteiger charge is 2.26. The van der Waals surface area contributed by atoms with Crippen molar-refractivity contribution in [2.24, 2.45) is 0 Å². The Morgan fingerprint density at radius 3 is 2.23 bits per heavy atom. The second-order valence-corrected chi connectivity index (χ2v) is 9.06. The molecule has 0 aliphatic carbocycles. The zero-order chi connectivity index (χ0) is 22.5. The Morgan fingerprint density at radius 2 is 1.67 bits per heavy atom. The molecule has 1 atom stereocenters. The number of sulfonamides is 1. The lowest BCUT2D eigenvalue weighted by atomic mass is 10.2. The Balaban J connectivity index is 2.18. The first kappa shape index (κ1) is 24.1. The van der Waals surface area contributed by atoms with Crippen molar-refractivity contribution >= 4 is 50.8 Å². The van der Waals surface area contributed by atoms with E-state index in [1.807, 2.05) is 0 Å². The molecule has 2 aromatic rings. The molecule has 7 nitrogen and oxygen atoms in total. The van der Waals surface area contributed by atoms with Crippen LogP contribution in [0.2, 0.25) is 10.0 Å². The smallest absolute Gasteiger partial charge is 0.340 e. The molecule has 1 N–H and O–H groups in total. The van der Waals surface area contributed by atoms with Crippen LogP contribution in [0, 0.1) is 0 Å². The Labute approximate surface area is 186 Å². The molecule has 0 aliphatic rings. The SMILES string of the molecule is CCN(CC)S(=O)(=O)c1ccc(Cl)c(C(=O)OC(C)C(=O)Nc2ccc(Cl)cc2)c1. The Morgan fingerprint density at radius 1 is 1.07 bits per heavy atom. The molecule has 1 amide bonds. The van der Waals surface area contributed by atoms with Crippen molar-refractivity contribution in [2.75, 3.05) is 18.4 Å². The molecule has 1 unspecified atom stereocenters. The molecule has 0 spiro atoms. The summed E-state index contributed by atoms with van der Waals surface area (Å²) in [5, 5.41) is 3.13. The largest absolute Gasteiger partial charge is 0.449 e. The van der Waals surface area contributed by atoms with Crippen LogP contribution in [-0.4, -0.2) is 43.8 Å². The highest BCUT2D eigenvalue weighted by atomic mass is 35.5. The van der Waals surface area contributed by atoms with Gasteiger partial charge in [0.15, 0.2) is 6.10 Å². The van der Waals surface area contributed by atoms with Gasteiger partial charge in [0.2, 0.25) is 10.0 Å². The maximum atomic E-state index is 12.7. The minimum absolute atomic E-state index is 0.0174. The summed E-state index contributed by atoms with van der Waals surface area (Å²) in [6.45, 7) is 5.39. The second kappa shape index (κ2) is 10.3. The van der Waals surface area contributed by atoms with E-state index in [2.05, 4.69) is 5.32 Å². The van der Waals surface area contributed by atoms with Crippen molar-refractivity contribution < 1.29 is 22.7 Å². The van der Waals surface area contributed by atoms with Gasteiger partial charge in [0.25, 0.3) is 5.91 Å². The number of hydrogen-bond acceptors (Lipinski definition) is 5. The summed E-state index contributed by atoms with van der Waals surface area (Å²) >= 11 is 11.9.